The first-order valence-corrected chi connectivity index (χ1v) is 7.77. The van der Waals surface area contributed by atoms with Gasteiger partial charge in [0.05, 0.1) is 0 Å². The monoisotopic (exact) mass is 291 g/mol. The number of benzene rings is 1. The zero-order valence-corrected chi connectivity index (χ0v) is 14.0. The fraction of sp³-hybridized carbons (Fsp3) is 0.611. The van der Waals surface area contributed by atoms with Gasteiger partial charge in [0.15, 0.2) is 0 Å². The van der Waals surface area contributed by atoms with Crippen molar-refractivity contribution in [2.24, 2.45) is 11.7 Å². The maximum absolute atomic E-state index is 11.2. The molecule has 0 saturated heterocycles. The summed E-state index contributed by atoms with van der Waals surface area (Å²) < 4.78 is 0. The van der Waals surface area contributed by atoms with E-state index in [9.17, 15) is 4.79 Å². The lowest BCUT2D eigenvalue weighted by Gasteiger charge is -2.25. The molecule has 0 amide bonds. The molecule has 0 aromatic heterocycles. The van der Waals surface area contributed by atoms with Gasteiger partial charge in [0, 0.05) is 0 Å². The summed E-state index contributed by atoms with van der Waals surface area (Å²) in [5, 5.41) is 9.16. The number of carboxylic acids is 1. The Morgan fingerprint density at radius 3 is 2.43 bits per heavy atom. The molecule has 1 aromatic carbocycles. The molecule has 2 unspecified atom stereocenters. The van der Waals surface area contributed by atoms with Gasteiger partial charge in [0.1, 0.15) is 5.54 Å². The van der Waals surface area contributed by atoms with Crippen molar-refractivity contribution in [2.75, 3.05) is 0 Å². The van der Waals surface area contributed by atoms with E-state index in [1.54, 1.807) is 6.92 Å². The highest BCUT2D eigenvalue weighted by Crippen LogP contribution is 2.25. The van der Waals surface area contributed by atoms with Crippen molar-refractivity contribution < 1.29 is 9.90 Å². The van der Waals surface area contributed by atoms with E-state index in [-0.39, 0.29) is 0 Å². The van der Waals surface area contributed by atoms with Gasteiger partial charge in [-0.15, -0.1) is 0 Å². The Hall–Kier alpha value is -1.35. The third-order valence-corrected chi connectivity index (χ3v) is 4.77. The van der Waals surface area contributed by atoms with Crippen LogP contribution in [0.2, 0.25) is 0 Å². The maximum atomic E-state index is 11.2. The molecule has 118 valence electrons. The second-order valence-corrected chi connectivity index (χ2v) is 6.53. The van der Waals surface area contributed by atoms with Gasteiger partial charge in [-0.2, -0.15) is 0 Å². The van der Waals surface area contributed by atoms with E-state index in [1.807, 2.05) is 0 Å². The van der Waals surface area contributed by atoms with Crippen molar-refractivity contribution in [3.63, 3.8) is 0 Å². The van der Waals surface area contributed by atoms with Crippen LogP contribution in [0, 0.1) is 26.7 Å². The average molecular weight is 291 g/mol. The molecule has 21 heavy (non-hydrogen) atoms. The lowest BCUT2D eigenvalue weighted by molar-refractivity contribution is -0.143. The molecule has 0 aliphatic rings. The molecule has 0 bridgehead atoms. The Bertz CT molecular complexity index is 506. The summed E-state index contributed by atoms with van der Waals surface area (Å²) in [5.74, 6) is -0.569. The minimum absolute atomic E-state index is 0.345. The Kier molecular flexibility index (Phi) is 5.97. The molecule has 0 fully saturated rings. The molecule has 2 atom stereocenters. The van der Waals surface area contributed by atoms with E-state index in [1.165, 1.54) is 22.3 Å². The maximum Gasteiger partial charge on any atom is 0.323 e. The zero-order chi connectivity index (χ0) is 16.2. The number of nitrogens with two attached hydrogens (primary N) is 1. The molecule has 1 rings (SSSR count). The van der Waals surface area contributed by atoms with Gasteiger partial charge in [-0.1, -0.05) is 25.5 Å². The predicted octanol–water partition coefficient (Wildman–Crippen LogP) is 3.76. The minimum atomic E-state index is -1.13. The molecule has 0 heterocycles. The number of carboxylic acid groups (broad SMARTS) is 1. The van der Waals surface area contributed by atoms with Crippen molar-refractivity contribution in [3.8, 4) is 0 Å². The lowest BCUT2D eigenvalue weighted by atomic mass is 9.84. The highest BCUT2D eigenvalue weighted by atomic mass is 16.4. The number of aryl methyl sites for hydroxylation is 2. The first kappa shape index (κ1) is 17.7. The lowest BCUT2D eigenvalue weighted by Crippen LogP contribution is -2.46. The fourth-order valence-corrected chi connectivity index (χ4v) is 2.78. The summed E-state index contributed by atoms with van der Waals surface area (Å²) in [6.45, 7) is 10.2. The third kappa shape index (κ3) is 4.57. The van der Waals surface area contributed by atoms with Crippen LogP contribution in [0.3, 0.4) is 0 Å². The van der Waals surface area contributed by atoms with Gasteiger partial charge in [-0.25, -0.2) is 0 Å². The summed E-state index contributed by atoms with van der Waals surface area (Å²) in [4.78, 5) is 11.2. The summed E-state index contributed by atoms with van der Waals surface area (Å²) in [5.41, 5.74) is 10.2. The van der Waals surface area contributed by atoms with E-state index in [2.05, 4.69) is 39.8 Å². The van der Waals surface area contributed by atoms with Crippen molar-refractivity contribution in [1.82, 2.24) is 0 Å². The van der Waals surface area contributed by atoms with E-state index in [0.29, 0.717) is 12.3 Å². The van der Waals surface area contributed by atoms with Crippen molar-refractivity contribution in [1.29, 1.82) is 0 Å². The number of hydrogen-bond acceptors (Lipinski definition) is 2. The van der Waals surface area contributed by atoms with Crippen molar-refractivity contribution in [2.45, 2.75) is 65.8 Å². The van der Waals surface area contributed by atoms with E-state index < -0.39 is 11.5 Å². The molecule has 0 aliphatic heterocycles. The number of hydrogen-bond donors (Lipinski definition) is 2. The van der Waals surface area contributed by atoms with Crippen LogP contribution in [0.5, 0.6) is 0 Å². The number of rotatable bonds is 7. The van der Waals surface area contributed by atoms with E-state index in [4.69, 9.17) is 10.8 Å². The molecule has 0 saturated carbocycles. The second kappa shape index (κ2) is 7.08. The quantitative estimate of drug-likeness (QED) is 0.804. The normalized spacial score (nSPS) is 15.5. The van der Waals surface area contributed by atoms with Gasteiger partial charge in [0.25, 0.3) is 0 Å². The summed E-state index contributed by atoms with van der Waals surface area (Å²) in [6, 6.07) is 4.37. The second-order valence-electron chi connectivity index (χ2n) is 6.53. The third-order valence-electron chi connectivity index (χ3n) is 4.77. The Balaban J connectivity index is 2.72. The van der Waals surface area contributed by atoms with Crippen molar-refractivity contribution >= 4 is 5.97 Å². The van der Waals surface area contributed by atoms with Crippen LogP contribution < -0.4 is 5.73 Å². The van der Waals surface area contributed by atoms with Gasteiger partial charge >= 0.3 is 5.97 Å². The summed E-state index contributed by atoms with van der Waals surface area (Å²) in [6.07, 6.45) is 3.47. The Morgan fingerprint density at radius 2 is 1.90 bits per heavy atom. The van der Waals surface area contributed by atoms with Gasteiger partial charge in [0.2, 0.25) is 0 Å². The van der Waals surface area contributed by atoms with Crippen LogP contribution in [0.25, 0.3) is 0 Å². The van der Waals surface area contributed by atoms with Gasteiger partial charge < -0.3 is 10.8 Å². The molecule has 0 aliphatic carbocycles. The Morgan fingerprint density at radius 1 is 1.29 bits per heavy atom. The zero-order valence-electron chi connectivity index (χ0n) is 14.0. The van der Waals surface area contributed by atoms with Crippen LogP contribution >= 0.6 is 0 Å². The van der Waals surface area contributed by atoms with Crippen LogP contribution in [-0.4, -0.2) is 16.6 Å². The van der Waals surface area contributed by atoms with E-state index in [0.717, 1.165) is 19.3 Å². The average Bonchev–Trinajstić information content (AvgIpc) is 2.42. The molecule has 3 N–H and O–H groups in total. The SMILES string of the molecule is CCC(CCc1ccc(C)c(C)c1C)CC(C)(N)C(=O)O. The number of carbonyl (C=O) groups is 1. The smallest absolute Gasteiger partial charge is 0.323 e. The first-order valence-electron chi connectivity index (χ1n) is 7.77. The molecular weight excluding hydrogens is 262 g/mol. The van der Waals surface area contributed by atoms with Crippen LogP contribution in [0.15, 0.2) is 12.1 Å². The van der Waals surface area contributed by atoms with Gasteiger partial charge in [-0.3, -0.25) is 4.79 Å². The van der Waals surface area contributed by atoms with E-state index >= 15 is 0 Å². The molecule has 3 heteroatoms. The Labute approximate surface area is 128 Å². The molecule has 1 aromatic rings. The highest BCUT2D eigenvalue weighted by molar-refractivity contribution is 5.77. The first-order chi connectivity index (χ1) is 9.69. The molecular formula is C18H29NO2. The molecule has 0 radical (unpaired) electrons. The van der Waals surface area contributed by atoms with Crippen molar-refractivity contribution in [3.05, 3.63) is 34.4 Å². The fourth-order valence-electron chi connectivity index (χ4n) is 2.78. The largest absolute Gasteiger partial charge is 0.480 e. The highest BCUT2D eigenvalue weighted by Gasteiger charge is 2.30. The molecule has 3 nitrogen and oxygen atoms in total. The summed E-state index contributed by atoms with van der Waals surface area (Å²) in [7, 11) is 0. The summed E-state index contributed by atoms with van der Waals surface area (Å²) >= 11 is 0. The van der Waals surface area contributed by atoms with Crippen LogP contribution in [-0.2, 0) is 11.2 Å². The standard InChI is InChI=1S/C18H29NO2/c1-6-15(11-18(5,19)17(20)21)8-10-16-9-7-12(2)13(3)14(16)4/h7,9,15H,6,8,10-11,19H2,1-5H3,(H,20,21). The van der Waals surface area contributed by atoms with Crippen LogP contribution in [0.4, 0.5) is 0 Å². The van der Waals surface area contributed by atoms with Crippen LogP contribution in [0.1, 0.15) is 55.4 Å². The number of aliphatic carboxylic acids is 1. The topological polar surface area (TPSA) is 63.3 Å². The minimum Gasteiger partial charge on any atom is -0.480 e. The van der Waals surface area contributed by atoms with Gasteiger partial charge in [-0.05, 0) is 75.1 Å². The molecule has 0 spiro atoms. The predicted molar refractivity (Wildman–Crippen MR) is 87.6 cm³/mol.